The van der Waals surface area contributed by atoms with Crippen molar-refractivity contribution in [3.8, 4) is 0 Å². The molecule has 0 saturated carbocycles. The number of fused-ring (bicyclic) bond motifs is 1. The predicted molar refractivity (Wildman–Crippen MR) is 88.3 cm³/mol. The smallest absolute Gasteiger partial charge is 0.254 e. The summed E-state index contributed by atoms with van der Waals surface area (Å²) in [5.74, 6) is -0.0110. The summed E-state index contributed by atoms with van der Waals surface area (Å²) >= 11 is 0. The molecular weight excluding hydrogens is 304 g/mol. The third-order valence-electron chi connectivity index (χ3n) is 4.92. The van der Waals surface area contributed by atoms with Crippen LogP contribution in [0.25, 0.3) is 0 Å². The van der Waals surface area contributed by atoms with E-state index in [-0.39, 0.29) is 24.4 Å². The molecule has 6 nitrogen and oxygen atoms in total. The van der Waals surface area contributed by atoms with Crippen molar-refractivity contribution in [1.82, 2.24) is 19.4 Å². The lowest BCUT2D eigenvalue weighted by molar-refractivity contribution is -0.133. The van der Waals surface area contributed by atoms with Crippen molar-refractivity contribution < 1.29 is 9.59 Å². The predicted octanol–water partition coefficient (Wildman–Crippen LogP) is 1.70. The number of aromatic nitrogens is 2. The molecule has 0 N–H and O–H groups in total. The molecule has 0 aliphatic carbocycles. The summed E-state index contributed by atoms with van der Waals surface area (Å²) in [7, 11) is 0. The molecule has 0 radical (unpaired) electrons. The van der Waals surface area contributed by atoms with Gasteiger partial charge in [-0.3, -0.25) is 9.59 Å². The van der Waals surface area contributed by atoms with Gasteiger partial charge in [0.05, 0.1) is 12.4 Å². The monoisotopic (exact) mass is 324 g/mol. The van der Waals surface area contributed by atoms with Crippen LogP contribution in [0.2, 0.25) is 0 Å². The summed E-state index contributed by atoms with van der Waals surface area (Å²) in [5.41, 5.74) is 1.73. The van der Waals surface area contributed by atoms with Crippen molar-refractivity contribution in [1.29, 1.82) is 0 Å². The second kappa shape index (κ2) is 6.11. The van der Waals surface area contributed by atoms with E-state index in [2.05, 4.69) is 9.55 Å². The number of hydrogen-bond acceptors (Lipinski definition) is 3. The van der Waals surface area contributed by atoms with E-state index in [9.17, 15) is 9.59 Å². The number of hydrogen-bond donors (Lipinski definition) is 0. The average molecular weight is 324 g/mol. The topological polar surface area (TPSA) is 58.4 Å². The number of imidazole rings is 1. The Hall–Kier alpha value is -2.63. The van der Waals surface area contributed by atoms with Gasteiger partial charge in [0.25, 0.3) is 5.91 Å². The van der Waals surface area contributed by atoms with E-state index in [0.29, 0.717) is 13.1 Å². The lowest BCUT2D eigenvalue weighted by Gasteiger charge is -2.34. The van der Waals surface area contributed by atoms with Crippen LogP contribution in [0.3, 0.4) is 0 Å². The summed E-state index contributed by atoms with van der Waals surface area (Å²) in [6.07, 6.45) is 7.54. The van der Waals surface area contributed by atoms with Crippen molar-refractivity contribution >= 4 is 11.8 Å². The van der Waals surface area contributed by atoms with E-state index in [0.717, 1.165) is 30.5 Å². The molecule has 6 heteroatoms. The molecule has 1 fully saturated rings. The highest BCUT2D eigenvalue weighted by molar-refractivity contribution is 6.00. The minimum atomic E-state index is -0.0397. The van der Waals surface area contributed by atoms with E-state index < -0.39 is 0 Å². The van der Waals surface area contributed by atoms with Crippen LogP contribution in [-0.4, -0.2) is 50.8 Å². The Morgan fingerprint density at radius 3 is 2.96 bits per heavy atom. The SMILES string of the molecule is O=C(CN1Cc2ccccc2C1=O)N1CCC[C@@H](n2ccnc2)C1. The fraction of sp³-hybridized carbons (Fsp3) is 0.389. The fourth-order valence-electron chi connectivity index (χ4n) is 3.62. The van der Waals surface area contributed by atoms with Crippen LogP contribution in [0.4, 0.5) is 0 Å². The Kier molecular flexibility index (Phi) is 3.80. The van der Waals surface area contributed by atoms with Gasteiger partial charge in [-0.15, -0.1) is 0 Å². The number of rotatable bonds is 3. The first-order chi connectivity index (χ1) is 11.7. The summed E-state index contributed by atoms with van der Waals surface area (Å²) in [5, 5.41) is 0. The van der Waals surface area contributed by atoms with Gasteiger partial charge in [-0.25, -0.2) is 4.98 Å². The molecule has 1 aromatic heterocycles. The number of likely N-dealkylation sites (tertiary alicyclic amines) is 1. The Morgan fingerprint density at radius 1 is 1.29 bits per heavy atom. The van der Waals surface area contributed by atoms with Gasteiger partial charge in [0.1, 0.15) is 6.54 Å². The van der Waals surface area contributed by atoms with E-state index in [1.54, 1.807) is 17.4 Å². The Morgan fingerprint density at radius 2 is 2.17 bits per heavy atom. The first-order valence-electron chi connectivity index (χ1n) is 8.35. The quantitative estimate of drug-likeness (QED) is 0.863. The highest BCUT2D eigenvalue weighted by Gasteiger charge is 2.31. The van der Waals surface area contributed by atoms with Crippen LogP contribution in [0.15, 0.2) is 43.0 Å². The number of carbonyl (C=O) groups excluding carboxylic acids is 2. The number of piperidine rings is 1. The van der Waals surface area contributed by atoms with Crippen LogP contribution in [0.1, 0.15) is 34.8 Å². The van der Waals surface area contributed by atoms with Crippen molar-refractivity contribution in [2.45, 2.75) is 25.4 Å². The van der Waals surface area contributed by atoms with Crippen molar-refractivity contribution in [2.24, 2.45) is 0 Å². The Labute approximate surface area is 140 Å². The highest BCUT2D eigenvalue weighted by atomic mass is 16.2. The minimum absolute atomic E-state index is 0.0287. The van der Waals surface area contributed by atoms with Crippen LogP contribution in [-0.2, 0) is 11.3 Å². The molecule has 2 amide bonds. The molecule has 1 aromatic carbocycles. The van der Waals surface area contributed by atoms with Gasteiger partial charge < -0.3 is 14.4 Å². The molecule has 4 rings (SSSR count). The maximum atomic E-state index is 12.7. The van der Waals surface area contributed by atoms with Gasteiger partial charge in [0.2, 0.25) is 5.91 Å². The molecule has 2 aliphatic heterocycles. The lowest BCUT2D eigenvalue weighted by atomic mass is 10.1. The summed E-state index contributed by atoms with van der Waals surface area (Å²) in [6.45, 7) is 2.13. The molecule has 0 unspecified atom stereocenters. The molecule has 2 aromatic rings. The van der Waals surface area contributed by atoms with Gasteiger partial charge in [-0.1, -0.05) is 18.2 Å². The Balaban J connectivity index is 1.41. The number of benzene rings is 1. The fourth-order valence-corrected chi connectivity index (χ4v) is 3.62. The number of carbonyl (C=O) groups is 2. The van der Waals surface area contributed by atoms with Gasteiger partial charge >= 0.3 is 0 Å². The van der Waals surface area contributed by atoms with Gasteiger partial charge in [-0.2, -0.15) is 0 Å². The highest BCUT2D eigenvalue weighted by Crippen LogP contribution is 2.24. The van der Waals surface area contributed by atoms with E-state index >= 15 is 0 Å². The molecule has 3 heterocycles. The van der Waals surface area contributed by atoms with Crippen LogP contribution in [0, 0.1) is 0 Å². The van der Waals surface area contributed by atoms with Crippen molar-refractivity contribution in [3.05, 3.63) is 54.1 Å². The minimum Gasteiger partial charge on any atom is -0.339 e. The molecule has 1 saturated heterocycles. The van der Waals surface area contributed by atoms with E-state index in [1.807, 2.05) is 35.4 Å². The van der Waals surface area contributed by atoms with Crippen molar-refractivity contribution in [3.63, 3.8) is 0 Å². The van der Waals surface area contributed by atoms with Gasteiger partial charge in [0.15, 0.2) is 0 Å². The largest absolute Gasteiger partial charge is 0.339 e. The third kappa shape index (κ3) is 2.68. The summed E-state index contributed by atoms with van der Waals surface area (Å²) in [4.78, 5) is 32.7. The molecule has 0 spiro atoms. The summed E-state index contributed by atoms with van der Waals surface area (Å²) < 4.78 is 2.07. The number of nitrogens with zero attached hydrogens (tertiary/aromatic N) is 4. The standard InChI is InChI=1S/C18H20N4O2/c23-17(12-22-10-14-4-1-2-6-16(14)18(22)24)20-8-3-5-15(11-20)21-9-7-19-13-21/h1-2,4,6-7,9,13,15H,3,5,8,10-12H2/t15-/m1/s1. The molecule has 2 aliphatic rings. The molecular formula is C18H20N4O2. The lowest BCUT2D eigenvalue weighted by Crippen LogP contribution is -2.45. The normalized spacial score (nSPS) is 20.3. The molecule has 0 bridgehead atoms. The maximum Gasteiger partial charge on any atom is 0.254 e. The molecule has 24 heavy (non-hydrogen) atoms. The van der Waals surface area contributed by atoms with E-state index in [1.165, 1.54) is 0 Å². The first-order valence-corrected chi connectivity index (χ1v) is 8.35. The zero-order valence-electron chi connectivity index (χ0n) is 13.5. The molecule has 124 valence electrons. The second-order valence-corrected chi connectivity index (χ2v) is 6.46. The zero-order chi connectivity index (χ0) is 16.5. The third-order valence-corrected chi connectivity index (χ3v) is 4.92. The Bertz CT molecular complexity index is 756. The average Bonchev–Trinajstić information content (AvgIpc) is 3.25. The van der Waals surface area contributed by atoms with E-state index in [4.69, 9.17) is 0 Å². The van der Waals surface area contributed by atoms with Gasteiger partial charge in [-0.05, 0) is 24.5 Å². The summed E-state index contributed by atoms with van der Waals surface area (Å²) in [6, 6.07) is 7.85. The van der Waals surface area contributed by atoms with Crippen LogP contribution >= 0.6 is 0 Å². The first kappa shape index (κ1) is 14.9. The van der Waals surface area contributed by atoms with Crippen LogP contribution in [0.5, 0.6) is 0 Å². The van der Waals surface area contributed by atoms with Crippen molar-refractivity contribution in [2.75, 3.05) is 19.6 Å². The number of amides is 2. The molecule has 1 atom stereocenters. The van der Waals surface area contributed by atoms with Crippen LogP contribution < -0.4 is 0 Å². The zero-order valence-corrected chi connectivity index (χ0v) is 13.5. The van der Waals surface area contributed by atoms with Gasteiger partial charge in [0, 0.05) is 37.6 Å². The maximum absolute atomic E-state index is 12.7. The second-order valence-electron chi connectivity index (χ2n) is 6.46.